The number of nitrogens with zero attached hydrogens (tertiary/aromatic N) is 2. The molecule has 7 heteroatoms. The van der Waals surface area contributed by atoms with Gasteiger partial charge in [-0.05, 0) is 6.42 Å². The van der Waals surface area contributed by atoms with Crippen LogP contribution in [0.5, 0.6) is 0 Å². The molecule has 0 aromatic carbocycles. The molecule has 6 nitrogen and oxygen atoms in total. The maximum atomic E-state index is 11.6. The fraction of sp³-hybridized carbons (Fsp3) is 0.727. The zero-order chi connectivity index (χ0) is 13.8. The zero-order valence-electron chi connectivity index (χ0n) is 11.1. The maximum absolute atomic E-state index is 11.6. The Morgan fingerprint density at radius 3 is 2.56 bits per heavy atom. The lowest BCUT2D eigenvalue weighted by atomic mass is 9.98. The molecule has 1 heterocycles. The van der Waals surface area contributed by atoms with Gasteiger partial charge in [0.2, 0.25) is 5.13 Å². The molecular formula is C11H20N4O2S. The Hall–Kier alpha value is -1.21. The van der Waals surface area contributed by atoms with Crippen molar-refractivity contribution < 1.29 is 9.90 Å². The van der Waals surface area contributed by atoms with E-state index < -0.39 is 0 Å². The second-order valence-corrected chi connectivity index (χ2v) is 6.03. The van der Waals surface area contributed by atoms with E-state index >= 15 is 0 Å². The summed E-state index contributed by atoms with van der Waals surface area (Å²) in [4.78, 5) is 11.6. The van der Waals surface area contributed by atoms with E-state index in [-0.39, 0.29) is 24.1 Å². The molecule has 1 rings (SSSR count). The molecule has 1 aromatic rings. The van der Waals surface area contributed by atoms with Crippen molar-refractivity contribution in [2.45, 2.75) is 45.6 Å². The van der Waals surface area contributed by atoms with E-state index in [0.29, 0.717) is 11.6 Å². The van der Waals surface area contributed by atoms with Crippen LogP contribution in [0.3, 0.4) is 0 Å². The number of amides is 2. The van der Waals surface area contributed by atoms with Crippen molar-refractivity contribution in [1.82, 2.24) is 15.5 Å². The Morgan fingerprint density at radius 2 is 2.11 bits per heavy atom. The third kappa shape index (κ3) is 4.23. The fourth-order valence-electron chi connectivity index (χ4n) is 1.17. The van der Waals surface area contributed by atoms with Gasteiger partial charge in [0.15, 0.2) is 0 Å². The first-order chi connectivity index (χ1) is 8.36. The second-order valence-electron chi connectivity index (χ2n) is 5.05. The molecule has 0 saturated heterocycles. The molecule has 0 aliphatic carbocycles. The Morgan fingerprint density at radius 1 is 1.44 bits per heavy atom. The molecule has 18 heavy (non-hydrogen) atoms. The summed E-state index contributed by atoms with van der Waals surface area (Å²) in [6.45, 7) is 7.93. The number of anilines is 1. The predicted octanol–water partition coefficient (Wildman–Crippen LogP) is 1.73. The van der Waals surface area contributed by atoms with Crippen LogP contribution >= 0.6 is 11.3 Å². The van der Waals surface area contributed by atoms with Crippen LogP contribution in [-0.2, 0) is 5.41 Å². The minimum atomic E-state index is -0.368. The molecule has 3 N–H and O–H groups in total. The second kappa shape index (κ2) is 6.10. The van der Waals surface area contributed by atoms with Crippen molar-refractivity contribution in [3.8, 4) is 0 Å². The van der Waals surface area contributed by atoms with Crippen molar-refractivity contribution in [1.29, 1.82) is 0 Å². The number of aliphatic hydroxyl groups is 1. The summed E-state index contributed by atoms with van der Waals surface area (Å²) in [5.41, 5.74) is -0.0782. The standard InChI is InChI=1S/C11H20N4O2S/c1-5-7(6-16)12-9(17)13-10-15-14-8(18-10)11(2,3)4/h7,16H,5-6H2,1-4H3,(H2,12,13,15,17). The lowest BCUT2D eigenvalue weighted by Gasteiger charge is -2.13. The first-order valence-corrected chi connectivity index (χ1v) is 6.70. The van der Waals surface area contributed by atoms with E-state index in [0.717, 1.165) is 5.01 Å². The molecule has 2 amide bonds. The van der Waals surface area contributed by atoms with Gasteiger partial charge in [-0.25, -0.2) is 4.79 Å². The molecule has 0 aliphatic heterocycles. The van der Waals surface area contributed by atoms with E-state index in [2.05, 4.69) is 20.8 Å². The number of carbonyl (C=O) groups is 1. The Kier molecular flexibility index (Phi) is 5.03. The summed E-state index contributed by atoms with van der Waals surface area (Å²) < 4.78 is 0. The number of aromatic nitrogens is 2. The largest absolute Gasteiger partial charge is 0.394 e. The van der Waals surface area contributed by atoms with E-state index in [1.807, 2.05) is 27.7 Å². The Bertz CT molecular complexity index is 396. The smallest absolute Gasteiger partial charge is 0.321 e. The van der Waals surface area contributed by atoms with Crippen LogP contribution < -0.4 is 10.6 Å². The van der Waals surface area contributed by atoms with E-state index in [9.17, 15) is 4.79 Å². The SMILES string of the molecule is CCC(CO)NC(=O)Nc1nnc(C(C)(C)C)s1. The maximum Gasteiger partial charge on any atom is 0.321 e. The van der Waals surface area contributed by atoms with Gasteiger partial charge in [-0.2, -0.15) is 0 Å². The normalized spacial score (nSPS) is 13.2. The van der Waals surface area contributed by atoms with Crippen LogP contribution in [-0.4, -0.2) is 34.0 Å². The first-order valence-electron chi connectivity index (χ1n) is 5.89. The molecule has 1 aromatic heterocycles. The van der Waals surface area contributed by atoms with Gasteiger partial charge in [0.05, 0.1) is 12.6 Å². The summed E-state index contributed by atoms with van der Waals surface area (Å²) in [7, 11) is 0. The molecule has 0 aliphatic rings. The number of urea groups is 1. The number of nitrogens with one attached hydrogen (secondary N) is 2. The van der Waals surface area contributed by atoms with Crippen LogP contribution in [0.2, 0.25) is 0 Å². The summed E-state index contributed by atoms with van der Waals surface area (Å²) in [5.74, 6) is 0. The van der Waals surface area contributed by atoms with E-state index in [4.69, 9.17) is 5.11 Å². The van der Waals surface area contributed by atoms with Crippen molar-refractivity contribution in [2.75, 3.05) is 11.9 Å². The van der Waals surface area contributed by atoms with E-state index in [1.165, 1.54) is 11.3 Å². The van der Waals surface area contributed by atoms with Gasteiger partial charge in [0.25, 0.3) is 0 Å². The monoisotopic (exact) mass is 272 g/mol. The van der Waals surface area contributed by atoms with Crippen LogP contribution in [0.25, 0.3) is 0 Å². The van der Waals surface area contributed by atoms with Gasteiger partial charge in [-0.3, -0.25) is 5.32 Å². The van der Waals surface area contributed by atoms with Crippen molar-refractivity contribution in [3.05, 3.63) is 5.01 Å². The lowest BCUT2D eigenvalue weighted by Crippen LogP contribution is -2.39. The van der Waals surface area contributed by atoms with Gasteiger partial charge in [0, 0.05) is 5.41 Å². The van der Waals surface area contributed by atoms with Gasteiger partial charge in [-0.15, -0.1) is 10.2 Å². The average Bonchev–Trinajstić information content (AvgIpc) is 2.74. The summed E-state index contributed by atoms with van der Waals surface area (Å²) in [5, 5.41) is 23.5. The van der Waals surface area contributed by atoms with Crippen molar-refractivity contribution >= 4 is 22.5 Å². The number of carbonyl (C=O) groups excluding carboxylic acids is 1. The van der Waals surface area contributed by atoms with Gasteiger partial charge < -0.3 is 10.4 Å². The summed E-state index contributed by atoms with van der Waals surface area (Å²) in [6, 6.07) is -0.604. The fourth-order valence-corrected chi connectivity index (χ4v) is 1.97. The first kappa shape index (κ1) is 14.8. The van der Waals surface area contributed by atoms with Gasteiger partial charge in [0.1, 0.15) is 5.01 Å². The van der Waals surface area contributed by atoms with Crippen LogP contribution in [0.15, 0.2) is 0 Å². The predicted molar refractivity (Wildman–Crippen MR) is 71.9 cm³/mol. The molecule has 1 unspecified atom stereocenters. The third-order valence-corrected chi connectivity index (χ3v) is 3.60. The lowest BCUT2D eigenvalue weighted by molar-refractivity contribution is 0.222. The Balaban J connectivity index is 2.57. The average molecular weight is 272 g/mol. The minimum Gasteiger partial charge on any atom is -0.394 e. The molecule has 0 saturated carbocycles. The highest BCUT2D eigenvalue weighted by Gasteiger charge is 2.20. The number of hydrogen-bond donors (Lipinski definition) is 3. The highest BCUT2D eigenvalue weighted by atomic mass is 32.1. The zero-order valence-corrected chi connectivity index (χ0v) is 12.0. The molecule has 0 bridgehead atoms. The number of hydrogen-bond acceptors (Lipinski definition) is 5. The van der Waals surface area contributed by atoms with Crippen LogP contribution in [0, 0.1) is 0 Å². The summed E-state index contributed by atoms with van der Waals surface area (Å²) >= 11 is 1.35. The highest BCUT2D eigenvalue weighted by molar-refractivity contribution is 7.15. The molecule has 102 valence electrons. The molecular weight excluding hydrogens is 252 g/mol. The summed E-state index contributed by atoms with van der Waals surface area (Å²) in [6.07, 6.45) is 0.674. The van der Waals surface area contributed by atoms with Crippen LogP contribution in [0.4, 0.5) is 9.93 Å². The van der Waals surface area contributed by atoms with Crippen molar-refractivity contribution in [3.63, 3.8) is 0 Å². The topological polar surface area (TPSA) is 87.1 Å². The third-order valence-electron chi connectivity index (χ3n) is 2.34. The van der Waals surface area contributed by atoms with E-state index in [1.54, 1.807) is 0 Å². The van der Waals surface area contributed by atoms with Gasteiger partial charge in [-0.1, -0.05) is 39.0 Å². The minimum absolute atomic E-state index is 0.0761. The number of aliphatic hydroxyl groups excluding tert-OH is 1. The quantitative estimate of drug-likeness (QED) is 0.779. The Labute approximate surface area is 111 Å². The van der Waals surface area contributed by atoms with Crippen LogP contribution in [0.1, 0.15) is 39.1 Å². The molecule has 0 radical (unpaired) electrons. The highest BCUT2D eigenvalue weighted by Crippen LogP contribution is 2.27. The molecule has 1 atom stereocenters. The number of rotatable bonds is 4. The van der Waals surface area contributed by atoms with Crippen molar-refractivity contribution in [2.24, 2.45) is 0 Å². The molecule has 0 fully saturated rings. The molecule has 0 spiro atoms. The van der Waals surface area contributed by atoms with Gasteiger partial charge >= 0.3 is 6.03 Å².